The summed E-state index contributed by atoms with van der Waals surface area (Å²) in [6, 6.07) is 7.67. The number of hydrogen-bond donors (Lipinski definition) is 1. The number of nitrogens with one attached hydrogen (secondary N) is 1. The highest BCUT2D eigenvalue weighted by atomic mass is 32.2. The molecule has 0 saturated heterocycles. The summed E-state index contributed by atoms with van der Waals surface area (Å²) in [5.74, 6) is 0.340. The lowest BCUT2D eigenvalue weighted by molar-refractivity contribution is -0.119. The Bertz CT molecular complexity index is 785. The fourth-order valence-electron chi connectivity index (χ4n) is 2.41. The van der Waals surface area contributed by atoms with Crippen LogP contribution < -0.4 is 10.9 Å². The Morgan fingerprint density at radius 3 is 2.86 bits per heavy atom. The van der Waals surface area contributed by atoms with Crippen LogP contribution in [0.4, 0.5) is 5.69 Å². The van der Waals surface area contributed by atoms with E-state index in [1.165, 1.54) is 11.8 Å². The molecule has 0 fully saturated rings. The van der Waals surface area contributed by atoms with Crippen molar-refractivity contribution in [3.05, 3.63) is 51.9 Å². The number of nitrogens with zero attached hydrogens (tertiary/aromatic N) is 2. The number of benzene rings is 1. The van der Waals surface area contributed by atoms with E-state index in [0.717, 1.165) is 11.3 Å². The van der Waals surface area contributed by atoms with Gasteiger partial charge in [0, 0.05) is 29.7 Å². The van der Waals surface area contributed by atoms with E-state index in [0.29, 0.717) is 23.0 Å². The molecule has 1 N–H and O–H groups in total. The van der Waals surface area contributed by atoms with Crippen LogP contribution >= 0.6 is 11.8 Å². The molecule has 2 heterocycles. The van der Waals surface area contributed by atoms with Crippen LogP contribution in [0.15, 0.2) is 40.4 Å². The monoisotopic (exact) mass is 315 g/mol. The smallest absolute Gasteiger partial charge is 0.257 e. The first-order valence-electron chi connectivity index (χ1n) is 7.12. The van der Waals surface area contributed by atoms with Gasteiger partial charge in [0.1, 0.15) is 0 Å². The number of aromatic nitrogens is 2. The molecular formula is C16H17N3O2S. The SMILES string of the molecule is Cc1ccccc1NC(=O)C1CSc2ncc(C)c(=O)n2C1. The minimum Gasteiger partial charge on any atom is -0.326 e. The zero-order valence-electron chi connectivity index (χ0n) is 12.5. The van der Waals surface area contributed by atoms with Gasteiger partial charge in [0.2, 0.25) is 5.91 Å². The van der Waals surface area contributed by atoms with E-state index in [2.05, 4.69) is 10.3 Å². The second-order valence-electron chi connectivity index (χ2n) is 5.45. The standard InChI is InChI=1S/C16H17N3O2S/c1-10-5-3-4-6-13(10)18-14(20)12-8-19-15(21)11(2)7-17-16(19)22-9-12/h3-7,12H,8-9H2,1-2H3,(H,18,20). The Morgan fingerprint density at radius 2 is 2.09 bits per heavy atom. The highest BCUT2D eigenvalue weighted by Crippen LogP contribution is 2.26. The number of carbonyl (C=O) groups is 1. The van der Waals surface area contributed by atoms with Crippen molar-refractivity contribution in [3.8, 4) is 0 Å². The first kappa shape index (κ1) is 14.8. The second-order valence-corrected chi connectivity index (χ2v) is 6.44. The lowest BCUT2D eigenvalue weighted by Crippen LogP contribution is -2.37. The third-order valence-corrected chi connectivity index (χ3v) is 4.93. The van der Waals surface area contributed by atoms with Gasteiger partial charge in [-0.25, -0.2) is 4.98 Å². The van der Waals surface area contributed by atoms with Gasteiger partial charge < -0.3 is 5.32 Å². The molecule has 0 spiro atoms. The quantitative estimate of drug-likeness (QED) is 0.863. The molecule has 22 heavy (non-hydrogen) atoms. The number of hydrogen-bond acceptors (Lipinski definition) is 4. The molecule has 1 aromatic heterocycles. The van der Waals surface area contributed by atoms with Crippen molar-refractivity contribution >= 4 is 23.4 Å². The Balaban J connectivity index is 1.80. The predicted molar refractivity (Wildman–Crippen MR) is 87.3 cm³/mol. The van der Waals surface area contributed by atoms with Gasteiger partial charge in [-0.2, -0.15) is 0 Å². The maximum Gasteiger partial charge on any atom is 0.257 e. The first-order valence-corrected chi connectivity index (χ1v) is 8.10. The minimum atomic E-state index is -0.238. The fraction of sp³-hybridized carbons (Fsp3) is 0.312. The molecule has 1 aliphatic rings. The molecule has 0 aliphatic carbocycles. The van der Waals surface area contributed by atoms with E-state index < -0.39 is 0 Å². The molecule has 1 aromatic carbocycles. The summed E-state index contributed by atoms with van der Waals surface area (Å²) in [5.41, 5.74) is 2.38. The van der Waals surface area contributed by atoms with Crippen LogP contribution in [0.3, 0.4) is 0 Å². The molecule has 6 heteroatoms. The summed E-state index contributed by atoms with van der Waals surface area (Å²) in [6.07, 6.45) is 1.59. The first-order chi connectivity index (χ1) is 10.6. The van der Waals surface area contributed by atoms with Crippen LogP contribution in [0.1, 0.15) is 11.1 Å². The molecule has 114 valence electrons. The Kier molecular flexibility index (Phi) is 4.02. The maximum atomic E-state index is 12.5. The molecule has 1 unspecified atom stereocenters. The van der Waals surface area contributed by atoms with Gasteiger partial charge in [-0.3, -0.25) is 14.2 Å². The van der Waals surface area contributed by atoms with Gasteiger partial charge in [0.15, 0.2) is 5.16 Å². The number of amides is 1. The number of anilines is 1. The van der Waals surface area contributed by atoms with Crippen molar-refractivity contribution in [3.63, 3.8) is 0 Å². The van der Waals surface area contributed by atoms with E-state index in [1.807, 2.05) is 31.2 Å². The van der Waals surface area contributed by atoms with Crippen molar-refractivity contribution in [2.24, 2.45) is 5.92 Å². The summed E-state index contributed by atoms with van der Waals surface area (Å²) in [5, 5.41) is 3.65. The fourth-order valence-corrected chi connectivity index (χ4v) is 3.46. The van der Waals surface area contributed by atoms with Gasteiger partial charge in [0.05, 0.1) is 5.92 Å². The third-order valence-electron chi connectivity index (χ3n) is 3.77. The molecule has 0 bridgehead atoms. The zero-order valence-corrected chi connectivity index (χ0v) is 13.3. The molecule has 3 rings (SSSR count). The topological polar surface area (TPSA) is 64.0 Å². The van der Waals surface area contributed by atoms with Crippen LogP contribution in [0, 0.1) is 19.8 Å². The summed E-state index contributed by atoms with van der Waals surface area (Å²) in [7, 11) is 0. The lowest BCUT2D eigenvalue weighted by Gasteiger charge is -2.24. The van der Waals surface area contributed by atoms with E-state index in [-0.39, 0.29) is 17.4 Å². The van der Waals surface area contributed by atoms with Crippen LogP contribution in [0.2, 0.25) is 0 Å². The summed E-state index contributed by atoms with van der Waals surface area (Å²) in [6.45, 7) is 4.08. The predicted octanol–water partition coefficient (Wildman–Crippen LogP) is 2.22. The minimum absolute atomic E-state index is 0.0548. The maximum absolute atomic E-state index is 12.5. The lowest BCUT2D eigenvalue weighted by atomic mass is 10.1. The van der Waals surface area contributed by atoms with Crippen LogP contribution in [0.25, 0.3) is 0 Å². The number of carbonyl (C=O) groups excluding carboxylic acids is 1. The molecule has 1 aliphatic heterocycles. The van der Waals surface area contributed by atoms with E-state index in [9.17, 15) is 9.59 Å². The second kappa shape index (κ2) is 5.96. The molecule has 2 aromatic rings. The van der Waals surface area contributed by atoms with Gasteiger partial charge >= 0.3 is 0 Å². The van der Waals surface area contributed by atoms with Crippen LogP contribution in [-0.4, -0.2) is 21.2 Å². The van der Waals surface area contributed by atoms with Crippen LogP contribution in [-0.2, 0) is 11.3 Å². The van der Waals surface area contributed by atoms with Gasteiger partial charge in [-0.15, -0.1) is 0 Å². The number of rotatable bonds is 2. The zero-order chi connectivity index (χ0) is 15.7. The molecule has 5 nitrogen and oxygen atoms in total. The van der Waals surface area contributed by atoms with Crippen molar-refractivity contribution in [2.45, 2.75) is 25.5 Å². The Labute approximate surface area is 132 Å². The van der Waals surface area contributed by atoms with Crippen molar-refractivity contribution < 1.29 is 4.79 Å². The highest BCUT2D eigenvalue weighted by molar-refractivity contribution is 7.99. The number of thioether (sulfide) groups is 1. The summed E-state index contributed by atoms with van der Waals surface area (Å²) in [4.78, 5) is 28.9. The molecular weight excluding hydrogens is 298 g/mol. The summed E-state index contributed by atoms with van der Waals surface area (Å²) >= 11 is 1.45. The van der Waals surface area contributed by atoms with Crippen molar-refractivity contribution in [1.82, 2.24) is 9.55 Å². The molecule has 0 radical (unpaired) electrons. The average molecular weight is 315 g/mol. The number of fused-ring (bicyclic) bond motifs is 1. The molecule has 1 amide bonds. The van der Waals surface area contributed by atoms with E-state index >= 15 is 0 Å². The summed E-state index contributed by atoms with van der Waals surface area (Å²) < 4.78 is 1.60. The largest absolute Gasteiger partial charge is 0.326 e. The Hall–Kier alpha value is -2.08. The van der Waals surface area contributed by atoms with Gasteiger partial charge in [-0.1, -0.05) is 30.0 Å². The van der Waals surface area contributed by atoms with E-state index in [1.54, 1.807) is 17.7 Å². The third kappa shape index (κ3) is 2.78. The number of aryl methyl sites for hydroxylation is 2. The Morgan fingerprint density at radius 1 is 1.32 bits per heavy atom. The average Bonchev–Trinajstić information content (AvgIpc) is 2.53. The van der Waals surface area contributed by atoms with Crippen molar-refractivity contribution in [1.29, 1.82) is 0 Å². The van der Waals surface area contributed by atoms with Gasteiger partial charge in [0.25, 0.3) is 5.56 Å². The van der Waals surface area contributed by atoms with Gasteiger partial charge in [-0.05, 0) is 25.5 Å². The molecule has 1 atom stereocenters. The highest BCUT2D eigenvalue weighted by Gasteiger charge is 2.27. The molecule has 0 saturated carbocycles. The normalized spacial score (nSPS) is 16.9. The number of para-hydroxylation sites is 1. The van der Waals surface area contributed by atoms with E-state index in [4.69, 9.17) is 0 Å². The van der Waals surface area contributed by atoms with Crippen LogP contribution in [0.5, 0.6) is 0 Å². The van der Waals surface area contributed by atoms with Crippen molar-refractivity contribution in [2.75, 3.05) is 11.1 Å².